The van der Waals surface area contributed by atoms with E-state index in [-0.39, 0.29) is 48.0 Å². The summed E-state index contributed by atoms with van der Waals surface area (Å²) in [6.45, 7) is 1.07. The minimum absolute atomic E-state index is 0.0322. The average molecular weight is 673 g/mol. The van der Waals surface area contributed by atoms with Crippen molar-refractivity contribution >= 4 is 34.7 Å². The number of nitrogens with zero attached hydrogens (tertiary/aromatic N) is 1. The summed E-state index contributed by atoms with van der Waals surface area (Å²) in [7, 11) is 0. The van der Waals surface area contributed by atoms with Crippen molar-refractivity contribution in [3.8, 4) is 11.5 Å². The first-order valence-corrected chi connectivity index (χ1v) is 14.9. The van der Waals surface area contributed by atoms with Gasteiger partial charge in [-0.3, -0.25) is 4.79 Å². The molecule has 240 valence electrons. The molecule has 45 heavy (non-hydrogen) atoms. The van der Waals surface area contributed by atoms with Crippen LogP contribution in [0.4, 0.5) is 26.3 Å². The fraction of sp³-hybridized carbons (Fsp3) is 0.344. The van der Waals surface area contributed by atoms with Crippen molar-refractivity contribution in [2.24, 2.45) is 0 Å². The highest BCUT2D eigenvalue weighted by Crippen LogP contribution is 2.39. The van der Waals surface area contributed by atoms with Crippen LogP contribution in [-0.2, 0) is 23.7 Å². The molecule has 1 saturated carbocycles. The smallest absolute Gasteiger partial charge is 0.417 e. The van der Waals surface area contributed by atoms with Crippen molar-refractivity contribution < 1.29 is 40.6 Å². The zero-order chi connectivity index (χ0) is 32.4. The van der Waals surface area contributed by atoms with Crippen molar-refractivity contribution in [1.82, 2.24) is 10.2 Å². The first-order chi connectivity index (χ1) is 21.3. The Morgan fingerprint density at radius 1 is 0.911 bits per heavy atom. The summed E-state index contributed by atoms with van der Waals surface area (Å²) in [6, 6.07) is 13.6. The molecule has 1 N–H and O–H groups in total. The maximum atomic E-state index is 13.9. The van der Waals surface area contributed by atoms with E-state index in [0.29, 0.717) is 30.8 Å². The highest BCUT2D eigenvalue weighted by molar-refractivity contribution is 6.32. The highest BCUT2D eigenvalue weighted by Gasteiger charge is 2.38. The van der Waals surface area contributed by atoms with Gasteiger partial charge in [0.05, 0.1) is 21.2 Å². The molecule has 2 aliphatic rings. The number of alkyl halides is 6. The van der Waals surface area contributed by atoms with Crippen LogP contribution in [0.15, 0.2) is 66.2 Å². The third kappa shape index (κ3) is 8.06. The fourth-order valence-electron chi connectivity index (χ4n) is 5.10. The SMILES string of the molecule is O=C(C1=C(c2ccc(OCCOc3ccc(C(F)(F)F)cc3Cl)cc2)CCNC1)N(Cc1cccc(C(F)(F)F)c1Cl)C1CC1. The van der Waals surface area contributed by atoms with E-state index < -0.39 is 28.5 Å². The fourth-order valence-corrected chi connectivity index (χ4v) is 5.62. The third-order valence-electron chi connectivity index (χ3n) is 7.52. The summed E-state index contributed by atoms with van der Waals surface area (Å²) in [5, 5.41) is 2.66. The largest absolute Gasteiger partial charge is 0.490 e. The van der Waals surface area contributed by atoms with Gasteiger partial charge in [0.1, 0.15) is 24.7 Å². The summed E-state index contributed by atoms with van der Waals surface area (Å²) in [5.74, 6) is 0.379. The van der Waals surface area contributed by atoms with Crippen LogP contribution in [0, 0.1) is 0 Å². The Hall–Kier alpha value is -3.41. The molecule has 13 heteroatoms. The molecule has 1 amide bonds. The van der Waals surface area contributed by atoms with Gasteiger partial charge in [0.15, 0.2) is 0 Å². The number of hydrogen-bond donors (Lipinski definition) is 1. The van der Waals surface area contributed by atoms with Crippen LogP contribution < -0.4 is 14.8 Å². The molecular formula is C32H28Cl2F6N2O3. The molecule has 5 rings (SSSR count). The zero-order valence-electron chi connectivity index (χ0n) is 23.7. The molecular weight excluding hydrogens is 645 g/mol. The van der Waals surface area contributed by atoms with Crippen molar-refractivity contribution in [2.75, 3.05) is 26.3 Å². The Bertz CT molecular complexity index is 1570. The third-order valence-corrected chi connectivity index (χ3v) is 8.26. The number of ether oxygens (including phenoxy) is 2. The molecule has 5 nitrogen and oxygen atoms in total. The second-order valence-electron chi connectivity index (χ2n) is 10.7. The molecule has 0 spiro atoms. The topological polar surface area (TPSA) is 50.8 Å². The summed E-state index contributed by atoms with van der Waals surface area (Å²) in [4.78, 5) is 15.5. The highest BCUT2D eigenvalue weighted by atomic mass is 35.5. The molecule has 0 saturated heterocycles. The molecule has 1 aliphatic heterocycles. The molecule has 0 aromatic heterocycles. The van der Waals surface area contributed by atoms with Gasteiger partial charge in [-0.15, -0.1) is 0 Å². The maximum Gasteiger partial charge on any atom is 0.417 e. The van der Waals surface area contributed by atoms with Gasteiger partial charge in [-0.1, -0.05) is 47.5 Å². The zero-order valence-corrected chi connectivity index (χ0v) is 25.2. The summed E-state index contributed by atoms with van der Waals surface area (Å²) < 4.78 is 90.0. The molecule has 3 aromatic carbocycles. The lowest BCUT2D eigenvalue weighted by atomic mass is 9.93. The van der Waals surface area contributed by atoms with E-state index in [0.717, 1.165) is 48.2 Å². The Labute approximate surface area is 265 Å². The van der Waals surface area contributed by atoms with Gasteiger partial charge in [0, 0.05) is 24.7 Å². The standard InChI is InChI=1S/C32H28Cl2F6N2O3/c33-27-16-21(31(35,36)37)6-11-28(27)45-15-14-44-23-9-4-19(5-10-23)24-12-13-41-17-25(24)30(43)42(22-7-8-22)18-20-2-1-3-26(29(20)34)32(38,39)40/h1-6,9-11,16,22,41H,7-8,12-15,17-18H2. The lowest BCUT2D eigenvalue weighted by Crippen LogP contribution is -2.39. The monoisotopic (exact) mass is 672 g/mol. The Balaban J connectivity index is 1.25. The van der Waals surface area contributed by atoms with Gasteiger partial charge in [-0.25, -0.2) is 0 Å². The minimum Gasteiger partial charge on any atom is -0.490 e. The van der Waals surface area contributed by atoms with Gasteiger partial charge in [0.2, 0.25) is 0 Å². The van der Waals surface area contributed by atoms with E-state index >= 15 is 0 Å². The van der Waals surface area contributed by atoms with Crippen LogP contribution in [0.2, 0.25) is 10.0 Å². The quantitative estimate of drug-likeness (QED) is 0.174. The lowest BCUT2D eigenvalue weighted by molar-refractivity contribution is -0.138. The van der Waals surface area contributed by atoms with E-state index in [2.05, 4.69) is 5.32 Å². The van der Waals surface area contributed by atoms with Crippen LogP contribution in [0.25, 0.3) is 5.57 Å². The van der Waals surface area contributed by atoms with Crippen molar-refractivity contribution in [1.29, 1.82) is 0 Å². The van der Waals surface area contributed by atoms with Crippen LogP contribution in [0.1, 0.15) is 41.5 Å². The van der Waals surface area contributed by atoms with Crippen LogP contribution in [-0.4, -0.2) is 43.2 Å². The first kappa shape index (κ1) is 33.0. The molecule has 1 heterocycles. The van der Waals surface area contributed by atoms with E-state index in [4.69, 9.17) is 32.7 Å². The molecule has 0 radical (unpaired) electrons. The van der Waals surface area contributed by atoms with Crippen LogP contribution in [0.5, 0.6) is 11.5 Å². The normalized spacial score (nSPS) is 15.6. The van der Waals surface area contributed by atoms with Crippen LogP contribution >= 0.6 is 23.2 Å². The van der Waals surface area contributed by atoms with Gasteiger partial charge in [-0.05, 0) is 78.9 Å². The number of rotatable bonds is 10. The van der Waals surface area contributed by atoms with Gasteiger partial charge < -0.3 is 19.7 Å². The molecule has 1 fully saturated rings. The van der Waals surface area contributed by atoms with E-state index in [9.17, 15) is 31.1 Å². The van der Waals surface area contributed by atoms with Gasteiger partial charge in [0.25, 0.3) is 5.91 Å². The molecule has 3 aromatic rings. The Morgan fingerprint density at radius 3 is 2.27 bits per heavy atom. The van der Waals surface area contributed by atoms with E-state index in [1.165, 1.54) is 12.1 Å². The van der Waals surface area contributed by atoms with Crippen molar-refractivity contribution in [2.45, 2.75) is 44.2 Å². The Kier molecular flexibility index (Phi) is 9.91. The van der Waals surface area contributed by atoms with Gasteiger partial charge >= 0.3 is 12.4 Å². The van der Waals surface area contributed by atoms with E-state index in [1.54, 1.807) is 17.0 Å². The predicted molar refractivity (Wildman–Crippen MR) is 158 cm³/mol. The predicted octanol–water partition coefficient (Wildman–Crippen LogP) is 8.43. The van der Waals surface area contributed by atoms with Crippen molar-refractivity contribution in [3.05, 3.63) is 98.5 Å². The molecule has 0 bridgehead atoms. The number of carbonyl (C=O) groups excluding carboxylic acids is 1. The molecule has 0 atom stereocenters. The van der Waals surface area contributed by atoms with E-state index in [1.807, 2.05) is 12.1 Å². The number of nitrogens with one attached hydrogen (secondary N) is 1. The number of carbonyl (C=O) groups is 1. The molecule has 1 aliphatic carbocycles. The first-order valence-electron chi connectivity index (χ1n) is 14.1. The maximum absolute atomic E-state index is 13.9. The van der Waals surface area contributed by atoms with Crippen molar-refractivity contribution in [3.63, 3.8) is 0 Å². The summed E-state index contributed by atoms with van der Waals surface area (Å²) >= 11 is 12.1. The van der Waals surface area contributed by atoms with Crippen LogP contribution in [0.3, 0.4) is 0 Å². The number of benzene rings is 3. The Morgan fingerprint density at radius 2 is 1.62 bits per heavy atom. The van der Waals surface area contributed by atoms with Gasteiger partial charge in [-0.2, -0.15) is 26.3 Å². The second-order valence-corrected chi connectivity index (χ2v) is 11.5. The minimum atomic E-state index is -4.60. The number of amides is 1. The summed E-state index contributed by atoms with van der Waals surface area (Å²) in [5.41, 5.74) is 0.640. The number of halogens is 8. The average Bonchev–Trinajstić information content (AvgIpc) is 3.84. The number of hydrogen-bond acceptors (Lipinski definition) is 4. The summed E-state index contributed by atoms with van der Waals surface area (Å²) in [6.07, 6.45) is -7.01. The second kappa shape index (κ2) is 13.5. The lowest BCUT2D eigenvalue weighted by Gasteiger charge is -2.29. The molecule has 0 unspecified atom stereocenters.